The molecule has 0 bridgehead atoms. The average Bonchev–Trinajstić information content (AvgIpc) is 3.20. The number of carbonyl (C=O) groups excluding carboxylic acids is 2. The van der Waals surface area contributed by atoms with Crippen molar-refractivity contribution in [3.05, 3.63) is 24.3 Å². The Kier molecular flexibility index (Phi) is 6.76. The Morgan fingerprint density at radius 3 is 2.45 bits per heavy atom. The number of hydrogen-bond acceptors (Lipinski definition) is 7. The van der Waals surface area contributed by atoms with Crippen molar-refractivity contribution < 1.29 is 27.5 Å². The number of benzene rings is 1. The van der Waals surface area contributed by atoms with Gasteiger partial charge >= 0.3 is 5.97 Å². The van der Waals surface area contributed by atoms with Crippen LogP contribution in [0.1, 0.15) is 19.8 Å². The Bertz CT molecular complexity index is 836. The largest absolute Gasteiger partial charge is 0.451 e. The van der Waals surface area contributed by atoms with Crippen molar-refractivity contribution in [2.45, 2.75) is 31.9 Å². The number of sulfonamides is 1. The highest BCUT2D eigenvalue weighted by atomic mass is 32.2. The Morgan fingerprint density at radius 2 is 1.83 bits per heavy atom. The first-order chi connectivity index (χ1) is 13.8. The predicted molar refractivity (Wildman–Crippen MR) is 108 cm³/mol. The van der Waals surface area contributed by atoms with E-state index < -0.39 is 34.0 Å². The van der Waals surface area contributed by atoms with Crippen LogP contribution in [-0.4, -0.2) is 75.8 Å². The summed E-state index contributed by atoms with van der Waals surface area (Å²) in [7, 11) is -3.49. The topological polar surface area (TPSA) is 105 Å². The van der Waals surface area contributed by atoms with Gasteiger partial charge in [0.05, 0.1) is 19.5 Å². The number of morpholine rings is 1. The van der Waals surface area contributed by atoms with Gasteiger partial charge in [-0.05, 0) is 44.0 Å². The van der Waals surface area contributed by atoms with Gasteiger partial charge < -0.3 is 19.7 Å². The van der Waals surface area contributed by atoms with Crippen LogP contribution in [0, 0.1) is 0 Å². The van der Waals surface area contributed by atoms with Crippen molar-refractivity contribution in [1.82, 2.24) is 4.31 Å². The molecule has 10 heteroatoms. The van der Waals surface area contributed by atoms with Crippen molar-refractivity contribution in [2.75, 3.05) is 49.3 Å². The summed E-state index contributed by atoms with van der Waals surface area (Å²) in [5.74, 6) is -1.17. The summed E-state index contributed by atoms with van der Waals surface area (Å²) in [6.07, 6.45) is 1.00. The van der Waals surface area contributed by atoms with Crippen molar-refractivity contribution >= 4 is 33.3 Å². The molecule has 1 aromatic rings. The molecule has 2 aliphatic rings. The van der Waals surface area contributed by atoms with E-state index in [1.54, 1.807) is 12.1 Å². The number of hydrogen-bond donors (Lipinski definition) is 1. The summed E-state index contributed by atoms with van der Waals surface area (Å²) in [4.78, 5) is 26.9. The van der Waals surface area contributed by atoms with E-state index >= 15 is 0 Å². The molecular formula is C19H27N3O6S. The molecule has 3 rings (SSSR count). The minimum Gasteiger partial charge on any atom is -0.451 e. The molecule has 2 saturated heterocycles. The maximum Gasteiger partial charge on any atom is 0.325 e. The Balaban J connectivity index is 1.54. The molecule has 1 amide bonds. The number of rotatable bonds is 6. The zero-order valence-electron chi connectivity index (χ0n) is 16.7. The minimum absolute atomic E-state index is 0.286. The third-order valence-corrected chi connectivity index (χ3v) is 6.36. The SMILES string of the molecule is C[C@H](OC(=O)[C@H]1CCCN1S(C)(=O)=O)C(=O)Nc1ccc(N2CCOCC2)cc1. The van der Waals surface area contributed by atoms with E-state index in [0.29, 0.717) is 31.7 Å². The standard InChI is InChI=1S/C19H27N3O6S/c1-14(28-19(24)17-4-3-9-22(17)29(2,25)26)18(23)20-15-5-7-16(8-6-15)21-10-12-27-13-11-21/h5-8,14,17H,3-4,9-13H2,1-2H3,(H,20,23)/t14-,17+/m0/s1. The molecule has 0 aliphatic carbocycles. The van der Waals surface area contributed by atoms with Crippen molar-refractivity contribution in [1.29, 1.82) is 0 Å². The number of carbonyl (C=O) groups is 2. The molecule has 2 atom stereocenters. The van der Waals surface area contributed by atoms with Crippen LogP contribution in [0.15, 0.2) is 24.3 Å². The molecule has 0 spiro atoms. The highest BCUT2D eigenvalue weighted by Crippen LogP contribution is 2.22. The van der Waals surface area contributed by atoms with E-state index in [9.17, 15) is 18.0 Å². The zero-order chi connectivity index (χ0) is 21.0. The summed E-state index contributed by atoms with van der Waals surface area (Å²) in [6, 6.07) is 6.55. The number of esters is 1. The van der Waals surface area contributed by atoms with Crippen molar-refractivity contribution in [3.8, 4) is 0 Å². The number of ether oxygens (including phenoxy) is 2. The molecule has 29 heavy (non-hydrogen) atoms. The van der Waals surface area contributed by atoms with Crippen LogP contribution >= 0.6 is 0 Å². The van der Waals surface area contributed by atoms with Crippen LogP contribution in [0.4, 0.5) is 11.4 Å². The van der Waals surface area contributed by atoms with Gasteiger partial charge in [-0.2, -0.15) is 4.31 Å². The van der Waals surface area contributed by atoms with Crippen LogP contribution in [-0.2, 0) is 29.1 Å². The second-order valence-corrected chi connectivity index (χ2v) is 9.18. The molecule has 1 aromatic carbocycles. The zero-order valence-corrected chi connectivity index (χ0v) is 17.5. The molecule has 9 nitrogen and oxygen atoms in total. The van der Waals surface area contributed by atoms with Gasteiger partial charge in [0.2, 0.25) is 10.0 Å². The summed E-state index contributed by atoms with van der Waals surface area (Å²) < 4.78 is 35.3. The highest BCUT2D eigenvalue weighted by Gasteiger charge is 2.38. The van der Waals surface area contributed by atoms with Gasteiger partial charge in [-0.3, -0.25) is 9.59 Å². The Labute approximate surface area is 171 Å². The smallest absolute Gasteiger partial charge is 0.325 e. The Hall–Kier alpha value is -2.17. The van der Waals surface area contributed by atoms with Crippen LogP contribution in [0.3, 0.4) is 0 Å². The second-order valence-electron chi connectivity index (χ2n) is 7.25. The van der Waals surface area contributed by atoms with Gasteiger partial charge in [-0.1, -0.05) is 0 Å². The quantitative estimate of drug-likeness (QED) is 0.673. The van der Waals surface area contributed by atoms with Crippen LogP contribution < -0.4 is 10.2 Å². The highest BCUT2D eigenvalue weighted by molar-refractivity contribution is 7.88. The third-order valence-electron chi connectivity index (χ3n) is 5.07. The lowest BCUT2D eigenvalue weighted by Crippen LogP contribution is -2.43. The monoisotopic (exact) mass is 425 g/mol. The van der Waals surface area contributed by atoms with Gasteiger partial charge in [-0.25, -0.2) is 8.42 Å². The predicted octanol–water partition coefficient (Wildman–Crippen LogP) is 0.817. The van der Waals surface area contributed by atoms with E-state index in [-0.39, 0.29) is 6.54 Å². The molecule has 2 fully saturated rings. The first kappa shape index (κ1) is 21.5. The fraction of sp³-hybridized carbons (Fsp3) is 0.579. The molecule has 160 valence electrons. The average molecular weight is 426 g/mol. The molecule has 1 N–H and O–H groups in total. The van der Waals surface area contributed by atoms with Gasteiger partial charge in [0.25, 0.3) is 5.91 Å². The van der Waals surface area contributed by atoms with E-state index in [2.05, 4.69) is 10.2 Å². The summed E-state index contributed by atoms with van der Waals surface area (Å²) in [5.41, 5.74) is 1.64. The van der Waals surface area contributed by atoms with Crippen molar-refractivity contribution in [3.63, 3.8) is 0 Å². The molecule has 0 unspecified atom stereocenters. The lowest BCUT2D eigenvalue weighted by atomic mass is 10.2. The van der Waals surface area contributed by atoms with E-state index in [0.717, 1.165) is 29.3 Å². The molecule has 2 heterocycles. The van der Waals surface area contributed by atoms with Gasteiger partial charge in [-0.15, -0.1) is 0 Å². The number of nitrogens with one attached hydrogen (secondary N) is 1. The fourth-order valence-corrected chi connectivity index (χ4v) is 4.61. The summed E-state index contributed by atoms with van der Waals surface area (Å²) >= 11 is 0. The van der Waals surface area contributed by atoms with Gasteiger partial charge in [0.1, 0.15) is 6.04 Å². The molecular weight excluding hydrogens is 398 g/mol. The van der Waals surface area contributed by atoms with Crippen LogP contribution in [0.25, 0.3) is 0 Å². The number of anilines is 2. The first-order valence-corrected chi connectivity index (χ1v) is 11.5. The lowest BCUT2D eigenvalue weighted by Gasteiger charge is -2.29. The summed E-state index contributed by atoms with van der Waals surface area (Å²) in [6.45, 7) is 4.79. The minimum atomic E-state index is -3.49. The van der Waals surface area contributed by atoms with Gasteiger partial charge in [0, 0.05) is 31.0 Å². The first-order valence-electron chi connectivity index (χ1n) is 9.66. The normalized spacial score (nSPS) is 21.6. The second kappa shape index (κ2) is 9.10. The fourth-order valence-electron chi connectivity index (χ4n) is 3.50. The van der Waals surface area contributed by atoms with E-state index in [1.165, 1.54) is 6.92 Å². The molecule has 0 saturated carbocycles. The van der Waals surface area contributed by atoms with E-state index in [4.69, 9.17) is 9.47 Å². The maximum absolute atomic E-state index is 12.4. The number of amides is 1. The van der Waals surface area contributed by atoms with E-state index in [1.807, 2.05) is 12.1 Å². The third kappa shape index (κ3) is 5.46. The lowest BCUT2D eigenvalue weighted by molar-refractivity contribution is -0.156. The Morgan fingerprint density at radius 1 is 1.17 bits per heavy atom. The number of nitrogens with zero attached hydrogens (tertiary/aromatic N) is 2. The van der Waals surface area contributed by atoms with Crippen LogP contribution in [0.2, 0.25) is 0 Å². The van der Waals surface area contributed by atoms with Crippen molar-refractivity contribution in [2.24, 2.45) is 0 Å². The molecule has 0 aromatic heterocycles. The van der Waals surface area contributed by atoms with Gasteiger partial charge in [0.15, 0.2) is 6.10 Å². The molecule has 0 radical (unpaired) electrons. The summed E-state index contributed by atoms with van der Waals surface area (Å²) in [5, 5.41) is 2.72. The maximum atomic E-state index is 12.4. The van der Waals surface area contributed by atoms with Crippen LogP contribution in [0.5, 0.6) is 0 Å². The molecule has 2 aliphatic heterocycles.